The smallest absolute Gasteiger partial charge is 0.0701 e. The highest BCUT2D eigenvalue weighted by Gasteiger charge is 1.98. The Morgan fingerprint density at radius 2 is 2.30 bits per heavy atom. The molecule has 0 saturated heterocycles. The molecule has 0 radical (unpaired) electrons. The van der Waals surface area contributed by atoms with Gasteiger partial charge in [0, 0.05) is 0 Å². The number of nitrogens with two attached hydrogens (primary N) is 1. The summed E-state index contributed by atoms with van der Waals surface area (Å²) < 4.78 is 5.19. The Bertz CT molecular complexity index is 60.6. The fourth-order valence-electron chi connectivity index (χ4n) is 0.743. The van der Waals surface area contributed by atoms with Gasteiger partial charge in [-0.15, -0.1) is 0 Å². The highest BCUT2D eigenvalue weighted by Crippen LogP contribution is 1.98. The maximum Gasteiger partial charge on any atom is 0.0701 e. The second kappa shape index (κ2) is 6.99. The standard InChI is InChI=1S/C7H17NO2/c1-7(3-2-4-8)10-6-5-9/h7,9H,2-6,8H2,1H3. The van der Waals surface area contributed by atoms with Crippen molar-refractivity contribution in [2.75, 3.05) is 19.8 Å². The summed E-state index contributed by atoms with van der Waals surface area (Å²) in [4.78, 5) is 0. The lowest BCUT2D eigenvalue weighted by molar-refractivity contribution is 0.0340. The maximum absolute atomic E-state index is 8.39. The molecule has 3 heteroatoms. The zero-order chi connectivity index (χ0) is 7.82. The Morgan fingerprint density at radius 1 is 1.60 bits per heavy atom. The molecule has 0 heterocycles. The van der Waals surface area contributed by atoms with Crippen LogP contribution >= 0.6 is 0 Å². The van der Waals surface area contributed by atoms with Crippen LogP contribution < -0.4 is 5.73 Å². The Hall–Kier alpha value is -0.120. The van der Waals surface area contributed by atoms with Crippen molar-refractivity contribution in [3.8, 4) is 0 Å². The van der Waals surface area contributed by atoms with Gasteiger partial charge in [-0.2, -0.15) is 0 Å². The van der Waals surface area contributed by atoms with Gasteiger partial charge in [-0.1, -0.05) is 0 Å². The van der Waals surface area contributed by atoms with Crippen molar-refractivity contribution in [2.24, 2.45) is 5.73 Å². The zero-order valence-corrected chi connectivity index (χ0v) is 6.55. The zero-order valence-electron chi connectivity index (χ0n) is 6.55. The largest absolute Gasteiger partial charge is 0.394 e. The molecule has 0 aliphatic heterocycles. The van der Waals surface area contributed by atoms with E-state index in [1.165, 1.54) is 0 Å². The summed E-state index contributed by atoms with van der Waals surface area (Å²) in [5, 5.41) is 8.39. The van der Waals surface area contributed by atoms with Crippen molar-refractivity contribution in [1.29, 1.82) is 0 Å². The molecule has 0 fully saturated rings. The normalized spacial score (nSPS) is 13.5. The van der Waals surface area contributed by atoms with E-state index in [1.54, 1.807) is 0 Å². The van der Waals surface area contributed by atoms with E-state index in [1.807, 2.05) is 6.92 Å². The van der Waals surface area contributed by atoms with Crippen LogP contribution in [0.3, 0.4) is 0 Å². The predicted octanol–water partition coefficient (Wildman–Crippen LogP) is 0.123. The van der Waals surface area contributed by atoms with E-state index < -0.39 is 0 Å². The molecule has 62 valence electrons. The van der Waals surface area contributed by atoms with Crippen molar-refractivity contribution in [3.05, 3.63) is 0 Å². The van der Waals surface area contributed by atoms with Gasteiger partial charge in [0.1, 0.15) is 0 Å². The van der Waals surface area contributed by atoms with Gasteiger partial charge in [-0.05, 0) is 26.3 Å². The average Bonchev–Trinajstić information content (AvgIpc) is 1.97. The van der Waals surface area contributed by atoms with Crippen LogP contribution in [0.25, 0.3) is 0 Å². The molecule has 0 amide bonds. The lowest BCUT2D eigenvalue weighted by Crippen LogP contribution is -2.13. The molecule has 0 aliphatic carbocycles. The van der Waals surface area contributed by atoms with Crippen molar-refractivity contribution in [3.63, 3.8) is 0 Å². The minimum atomic E-state index is 0.104. The third-order valence-electron chi connectivity index (χ3n) is 1.31. The van der Waals surface area contributed by atoms with Crippen LogP contribution in [-0.4, -0.2) is 31.0 Å². The van der Waals surface area contributed by atoms with Crippen LogP contribution in [0, 0.1) is 0 Å². The molecular weight excluding hydrogens is 130 g/mol. The van der Waals surface area contributed by atoms with Crippen LogP contribution in [0.4, 0.5) is 0 Å². The molecule has 0 aromatic rings. The minimum Gasteiger partial charge on any atom is -0.394 e. The molecule has 10 heavy (non-hydrogen) atoms. The van der Waals surface area contributed by atoms with E-state index in [2.05, 4.69) is 0 Å². The number of ether oxygens (including phenoxy) is 1. The first-order chi connectivity index (χ1) is 4.81. The minimum absolute atomic E-state index is 0.104. The molecular formula is C7H17NO2. The van der Waals surface area contributed by atoms with Crippen LogP contribution in [0.2, 0.25) is 0 Å². The van der Waals surface area contributed by atoms with E-state index in [9.17, 15) is 0 Å². The lowest BCUT2D eigenvalue weighted by atomic mass is 10.2. The Morgan fingerprint density at radius 3 is 2.80 bits per heavy atom. The van der Waals surface area contributed by atoms with Crippen molar-refractivity contribution >= 4 is 0 Å². The SMILES string of the molecule is CC(CCCN)OCCO. The van der Waals surface area contributed by atoms with Gasteiger partial charge in [0.15, 0.2) is 0 Å². The Kier molecular flexibility index (Phi) is 6.91. The predicted molar refractivity (Wildman–Crippen MR) is 40.8 cm³/mol. The van der Waals surface area contributed by atoms with Crippen LogP contribution in [-0.2, 0) is 4.74 Å². The number of rotatable bonds is 6. The van der Waals surface area contributed by atoms with Crippen LogP contribution in [0.5, 0.6) is 0 Å². The summed E-state index contributed by atoms with van der Waals surface area (Å²) >= 11 is 0. The van der Waals surface area contributed by atoms with Gasteiger partial charge < -0.3 is 15.6 Å². The molecule has 3 nitrogen and oxygen atoms in total. The summed E-state index contributed by atoms with van der Waals surface area (Å²) in [5.74, 6) is 0. The number of aliphatic hydroxyl groups is 1. The third-order valence-corrected chi connectivity index (χ3v) is 1.31. The molecule has 3 N–H and O–H groups in total. The molecule has 0 spiro atoms. The number of hydrogen-bond donors (Lipinski definition) is 2. The molecule has 0 aromatic heterocycles. The van der Waals surface area contributed by atoms with Crippen LogP contribution in [0.15, 0.2) is 0 Å². The first kappa shape index (κ1) is 9.88. The summed E-state index contributed by atoms with van der Waals surface area (Å²) in [6, 6.07) is 0. The van der Waals surface area contributed by atoms with Gasteiger partial charge in [-0.3, -0.25) is 0 Å². The van der Waals surface area contributed by atoms with E-state index in [4.69, 9.17) is 15.6 Å². The highest BCUT2D eigenvalue weighted by atomic mass is 16.5. The quantitative estimate of drug-likeness (QED) is 0.561. The van der Waals surface area contributed by atoms with Gasteiger partial charge in [0.05, 0.1) is 19.3 Å². The first-order valence-electron chi connectivity index (χ1n) is 3.73. The lowest BCUT2D eigenvalue weighted by Gasteiger charge is -2.10. The van der Waals surface area contributed by atoms with Crippen molar-refractivity contribution in [1.82, 2.24) is 0 Å². The van der Waals surface area contributed by atoms with Gasteiger partial charge >= 0.3 is 0 Å². The van der Waals surface area contributed by atoms with E-state index in [-0.39, 0.29) is 12.7 Å². The van der Waals surface area contributed by atoms with Gasteiger partial charge in [0.2, 0.25) is 0 Å². The number of aliphatic hydroxyl groups excluding tert-OH is 1. The number of hydrogen-bond acceptors (Lipinski definition) is 3. The Balaban J connectivity index is 3.00. The highest BCUT2D eigenvalue weighted by molar-refractivity contribution is 4.50. The van der Waals surface area contributed by atoms with Crippen molar-refractivity contribution in [2.45, 2.75) is 25.9 Å². The second-order valence-electron chi connectivity index (χ2n) is 2.34. The first-order valence-corrected chi connectivity index (χ1v) is 3.73. The summed E-state index contributed by atoms with van der Waals surface area (Å²) in [7, 11) is 0. The molecule has 0 aliphatic rings. The van der Waals surface area contributed by atoms with E-state index >= 15 is 0 Å². The fourth-order valence-corrected chi connectivity index (χ4v) is 0.743. The Labute approximate surface area is 62.2 Å². The average molecular weight is 147 g/mol. The van der Waals surface area contributed by atoms with Crippen LogP contribution in [0.1, 0.15) is 19.8 Å². The van der Waals surface area contributed by atoms with Crippen molar-refractivity contribution < 1.29 is 9.84 Å². The molecule has 0 aromatic carbocycles. The van der Waals surface area contributed by atoms with E-state index in [0.717, 1.165) is 12.8 Å². The molecule has 1 atom stereocenters. The molecule has 0 saturated carbocycles. The van der Waals surface area contributed by atoms with Gasteiger partial charge in [0.25, 0.3) is 0 Å². The summed E-state index contributed by atoms with van der Waals surface area (Å²) in [6.45, 7) is 3.25. The van der Waals surface area contributed by atoms with E-state index in [0.29, 0.717) is 13.2 Å². The van der Waals surface area contributed by atoms with Gasteiger partial charge in [-0.25, -0.2) is 0 Å². The monoisotopic (exact) mass is 147 g/mol. The summed E-state index contributed by atoms with van der Waals surface area (Å²) in [5.41, 5.74) is 5.30. The maximum atomic E-state index is 8.39. The molecule has 1 unspecified atom stereocenters. The molecule has 0 bridgehead atoms. The third kappa shape index (κ3) is 6.01. The topological polar surface area (TPSA) is 55.5 Å². The molecule has 0 rings (SSSR count). The fraction of sp³-hybridized carbons (Fsp3) is 1.00. The second-order valence-corrected chi connectivity index (χ2v) is 2.34. The summed E-state index contributed by atoms with van der Waals surface area (Å²) in [6.07, 6.45) is 2.21.